The summed E-state index contributed by atoms with van der Waals surface area (Å²) in [6, 6.07) is 9.32. The number of nitrogens with two attached hydrogens (primary N) is 1. The molecule has 2 atom stereocenters. The summed E-state index contributed by atoms with van der Waals surface area (Å²) < 4.78 is 22.5. The highest BCUT2D eigenvalue weighted by atomic mass is 32.2. The fourth-order valence-corrected chi connectivity index (χ4v) is 3.49. The molecule has 0 saturated carbocycles. The lowest BCUT2D eigenvalue weighted by molar-refractivity contribution is 0.477. The lowest BCUT2D eigenvalue weighted by Gasteiger charge is -2.20. The third kappa shape index (κ3) is 4.64. The minimum atomic E-state index is -3.62. The van der Waals surface area contributed by atoms with Gasteiger partial charge in [-0.25, -0.2) is 13.6 Å². The van der Waals surface area contributed by atoms with E-state index in [1.807, 2.05) is 0 Å². The summed E-state index contributed by atoms with van der Waals surface area (Å²) in [5.41, 5.74) is 2.37. The van der Waals surface area contributed by atoms with Gasteiger partial charge in [0.2, 0.25) is 10.0 Å². The van der Waals surface area contributed by atoms with Crippen LogP contribution in [0.1, 0.15) is 31.0 Å². The van der Waals surface area contributed by atoms with Gasteiger partial charge in [0, 0.05) is 12.1 Å². The quantitative estimate of drug-likeness (QED) is 0.858. The van der Waals surface area contributed by atoms with Crippen molar-refractivity contribution >= 4 is 21.4 Å². The van der Waals surface area contributed by atoms with Crippen molar-refractivity contribution in [2.75, 3.05) is 0 Å². The lowest BCUT2D eigenvalue weighted by Crippen LogP contribution is -2.30. The van der Waals surface area contributed by atoms with Gasteiger partial charge < -0.3 is 5.32 Å². The van der Waals surface area contributed by atoms with Crippen LogP contribution in [0.4, 0.5) is 0 Å². The third-order valence-electron chi connectivity index (χ3n) is 3.37. The largest absolute Gasteiger partial charge is 0.307 e. The highest BCUT2D eigenvalue weighted by Gasteiger charge is 2.12. The predicted molar refractivity (Wildman–Crippen MR) is 86.9 cm³/mol. The number of hydrogen-bond acceptors (Lipinski definition) is 4. The van der Waals surface area contributed by atoms with E-state index in [-0.39, 0.29) is 10.9 Å². The van der Waals surface area contributed by atoms with Crippen molar-refractivity contribution < 1.29 is 8.42 Å². The molecule has 0 bridgehead atoms. The molecule has 114 valence electrons. The highest BCUT2D eigenvalue weighted by molar-refractivity contribution is 7.89. The Bertz CT molecular complexity index is 664. The van der Waals surface area contributed by atoms with E-state index in [4.69, 9.17) is 5.14 Å². The van der Waals surface area contributed by atoms with Crippen LogP contribution >= 0.6 is 11.3 Å². The number of rotatable bonds is 6. The number of thiophene rings is 1. The molecule has 2 rings (SSSR count). The summed E-state index contributed by atoms with van der Waals surface area (Å²) in [5.74, 6) is 0. The fourth-order valence-electron chi connectivity index (χ4n) is 2.29. The summed E-state index contributed by atoms with van der Waals surface area (Å²) in [4.78, 5) is 0.143. The number of hydrogen-bond donors (Lipinski definition) is 2. The maximum atomic E-state index is 11.2. The van der Waals surface area contributed by atoms with Crippen LogP contribution in [0.5, 0.6) is 0 Å². The Hall–Kier alpha value is -1.21. The zero-order chi connectivity index (χ0) is 15.5. The standard InChI is InChI=1S/C15H20N2O2S2/c1-11(9-13-7-8-20-10-13)17-12(2)14-3-5-15(6-4-14)21(16,18)19/h3-8,10-12,17H,9H2,1-2H3,(H2,16,18,19). The van der Waals surface area contributed by atoms with Gasteiger partial charge in [0.1, 0.15) is 0 Å². The van der Waals surface area contributed by atoms with Crippen LogP contribution in [0.3, 0.4) is 0 Å². The van der Waals surface area contributed by atoms with Gasteiger partial charge in [0.05, 0.1) is 4.90 Å². The van der Waals surface area contributed by atoms with Crippen LogP contribution in [0.2, 0.25) is 0 Å². The van der Waals surface area contributed by atoms with Gasteiger partial charge >= 0.3 is 0 Å². The summed E-state index contributed by atoms with van der Waals surface area (Å²) in [6.07, 6.45) is 0.975. The van der Waals surface area contributed by atoms with Crippen molar-refractivity contribution in [1.82, 2.24) is 5.32 Å². The molecule has 2 unspecified atom stereocenters. The molecule has 1 heterocycles. The molecule has 0 amide bonds. The van der Waals surface area contributed by atoms with Crippen molar-refractivity contribution in [3.8, 4) is 0 Å². The van der Waals surface area contributed by atoms with Crippen molar-refractivity contribution in [2.24, 2.45) is 5.14 Å². The van der Waals surface area contributed by atoms with E-state index in [1.54, 1.807) is 35.6 Å². The second kappa shape index (κ2) is 6.70. The molecule has 1 aromatic carbocycles. The van der Waals surface area contributed by atoms with Gasteiger partial charge in [-0.05, 0) is 60.4 Å². The van der Waals surface area contributed by atoms with Gasteiger partial charge in [-0.3, -0.25) is 0 Å². The number of nitrogens with one attached hydrogen (secondary N) is 1. The molecule has 2 aromatic rings. The summed E-state index contributed by atoms with van der Waals surface area (Å²) >= 11 is 1.70. The average Bonchev–Trinajstić information content (AvgIpc) is 2.90. The first-order valence-corrected chi connectivity index (χ1v) is 9.25. The second-order valence-corrected chi connectivity index (χ2v) is 7.58. The minimum absolute atomic E-state index is 0.143. The van der Waals surface area contributed by atoms with E-state index in [9.17, 15) is 8.42 Å². The predicted octanol–water partition coefficient (Wildman–Crippen LogP) is 2.68. The summed E-state index contributed by atoms with van der Waals surface area (Å²) in [5, 5.41) is 12.9. The molecule has 0 aliphatic carbocycles. The topological polar surface area (TPSA) is 72.2 Å². The number of primary sulfonamides is 1. The van der Waals surface area contributed by atoms with Gasteiger partial charge in [-0.1, -0.05) is 12.1 Å². The maximum absolute atomic E-state index is 11.2. The normalized spacial score (nSPS) is 14.8. The van der Waals surface area contributed by atoms with Crippen molar-refractivity contribution in [2.45, 2.75) is 37.2 Å². The van der Waals surface area contributed by atoms with Crippen LogP contribution in [-0.2, 0) is 16.4 Å². The molecule has 0 fully saturated rings. The minimum Gasteiger partial charge on any atom is -0.307 e. The Morgan fingerprint density at radius 1 is 1.19 bits per heavy atom. The molecule has 0 radical (unpaired) electrons. The van der Waals surface area contributed by atoms with Crippen molar-refractivity contribution in [1.29, 1.82) is 0 Å². The Kier molecular flexibility index (Phi) is 5.16. The first-order chi connectivity index (χ1) is 9.86. The monoisotopic (exact) mass is 324 g/mol. The van der Waals surface area contributed by atoms with Gasteiger partial charge in [0.15, 0.2) is 0 Å². The molecule has 3 N–H and O–H groups in total. The molecular formula is C15H20N2O2S2. The Balaban J connectivity index is 1.98. The molecule has 1 aromatic heterocycles. The van der Waals surface area contributed by atoms with Crippen LogP contribution in [0.25, 0.3) is 0 Å². The first kappa shape index (κ1) is 16.2. The van der Waals surface area contributed by atoms with Crippen LogP contribution in [0.15, 0.2) is 46.0 Å². The van der Waals surface area contributed by atoms with E-state index in [0.717, 1.165) is 12.0 Å². The molecule has 0 aliphatic heterocycles. The number of benzene rings is 1. The molecule has 4 nitrogen and oxygen atoms in total. The van der Waals surface area contributed by atoms with E-state index in [2.05, 4.69) is 36.0 Å². The van der Waals surface area contributed by atoms with Crippen LogP contribution < -0.4 is 10.5 Å². The van der Waals surface area contributed by atoms with Crippen molar-refractivity contribution in [3.05, 3.63) is 52.2 Å². The van der Waals surface area contributed by atoms with Gasteiger partial charge in [-0.15, -0.1) is 0 Å². The highest BCUT2D eigenvalue weighted by Crippen LogP contribution is 2.17. The fraction of sp³-hybridized carbons (Fsp3) is 0.333. The summed E-state index contributed by atoms with van der Waals surface area (Å²) in [6.45, 7) is 4.21. The summed E-state index contributed by atoms with van der Waals surface area (Å²) in [7, 11) is -3.62. The zero-order valence-electron chi connectivity index (χ0n) is 12.1. The molecule has 0 spiro atoms. The molecule has 0 aliphatic rings. The first-order valence-electron chi connectivity index (χ1n) is 6.76. The Morgan fingerprint density at radius 3 is 2.38 bits per heavy atom. The zero-order valence-corrected chi connectivity index (χ0v) is 13.7. The lowest BCUT2D eigenvalue weighted by atomic mass is 10.1. The molecule has 6 heteroatoms. The average molecular weight is 324 g/mol. The van der Waals surface area contributed by atoms with E-state index >= 15 is 0 Å². The molecule has 21 heavy (non-hydrogen) atoms. The Morgan fingerprint density at radius 2 is 1.86 bits per heavy atom. The third-order valence-corrected chi connectivity index (χ3v) is 5.03. The molecular weight excluding hydrogens is 304 g/mol. The van der Waals surface area contributed by atoms with Gasteiger partial charge in [-0.2, -0.15) is 11.3 Å². The van der Waals surface area contributed by atoms with Crippen molar-refractivity contribution in [3.63, 3.8) is 0 Å². The Labute approximate surface area is 130 Å². The van der Waals surface area contributed by atoms with Crippen LogP contribution in [0, 0.1) is 0 Å². The smallest absolute Gasteiger partial charge is 0.238 e. The van der Waals surface area contributed by atoms with Gasteiger partial charge in [0.25, 0.3) is 0 Å². The SMILES string of the molecule is CC(Cc1ccsc1)NC(C)c1ccc(S(N)(=O)=O)cc1. The molecule has 0 saturated heterocycles. The van der Waals surface area contributed by atoms with E-state index < -0.39 is 10.0 Å². The maximum Gasteiger partial charge on any atom is 0.238 e. The number of sulfonamides is 1. The van der Waals surface area contributed by atoms with E-state index in [1.165, 1.54) is 5.56 Å². The van der Waals surface area contributed by atoms with E-state index in [0.29, 0.717) is 6.04 Å². The second-order valence-electron chi connectivity index (χ2n) is 5.24. The van der Waals surface area contributed by atoms with Crippen LogP contribution in [-0.4, -0.2) is 14.5 Å².